The third-order valence-corrected chi connectivity index (χ3v) is 5.70. The maximum Gasteiger partial charge on any atom is 0.280 e. The molecular formula is C17H23N5O2S. The van der Waals surface area contributed by atoms with E-state index in [2.05, 4.69) is 15.3 Å². The van der Waals surface area contributed by atoms with Gasteiger partial charge in [0.15, 0.2) is 5.01 Å². The molecule has 0 spiro atoms. The maximum absolute atomic E-state index is 12.5. The number of thiazole rings is 1. The van der Waals surface area contributed by atoms with Gasteiger partial charge < -0.3 is 16.0 Å². The number of nitrogens with two attached hydrogens (primary N) is 1. The Balaban J connectivity index is 1.56. The van der Waals surface area contributed by atoms with Gasteiger partial charge in [-0.15, -0.1) is 11.3 Å². The molecule has 1 aliphatic heterocycles. The molecule has 1 unspecified atom stereocenters. The normalized spacial score (nSPS) is 18.1. The van der Waals surface area contributed by atoms with Crippen LogP contribution in [0.5, 0.6) is 0 Å². The summed E-state index contributed by atoms with van der Waals surface area (Å²) in [5, 5.41) is 3.51. The zero-order valence-electron chi connectivity index (χ0n) is 14.4. The van der Waals surface area contributed by atoms with Crippen LogP contribution in [-0.4, -0.2) is 51.9 Å². The summed E-state index contributed by atoms with van der Waals surface area (Å²) in [5.74, 6) is 0.193. The number of hydrogen-bond acceptors (Lipinski definition) is 6. The van der Waals surface area contributed by atoms with Crippen molar-refractivity contribution >= 4 is 33.4 Å². The van der Waals surface area contributed by atoms with Crippen LogP contribution < -0.4 is 11.1 Å². The third-order valence-electron chi connectivity index (χ3n) is 4.69. The molecule has 1 fully saturated rings. The van der Waals surface area contributed by atoms with Gasteiger partial charge in [0.2, 0.25) is 5.91 Å². The summed E-state index contributed by atoms with van der Waals surface area (Å²) in [6, 6.07) is 1.38. The van der Waals surface area contributed by atoms with Crippen molar-refractivity contribution in [2.45, 2.75) is 38.8 Å². The van der Waals surface area contributed by atoms with Crippen LogP contribution in [0.25, 0.3) is 10.2 Å². The van der Waals surface area contributed by atoms with Crippen LogP contribution in [0.1, 0.15) is 36.5 Å². The SMILES string of the molecule is CC(NC(=O)c1nc2ccncc2s1)C1CCN(C(=O)[C@H](C)N)CC1. The molecule has 1 saturated heterocycles. The number of hydrogen-bond donors (Lipinski definition) is 2. The third kappa shape index (κ3) is 3.96. The van der Waals surface area contributed by atoms with E-state index in [1.165, 1.54) is 11.3 Å². The number of pyridine rings is 1. The van der Waals surface area contributed by atoms with Crippen LogP contribution in [0.15, 0.2) is 18.5 Å². The topological polar surface area (TPSA) is 101 Å². The van der Waals surface area contributed by atoms with Gasteiger partial charge in [-0.2, -0.15) is 0 Å². The molecule has 0 aromatic carbocycles. The van der Waals surface area contributed by atoms with Crippen molar-refractivity contribution in [2.75, 3.05) is 13.1 Å². The Morgan fingerprint density at radius 3 is 2.72 bits per heavy atom. The minimum absolute atomic E-state index is 0.00164. The molecule has 25 heavy (non-hydrogen) atoms. The Morgan fingerprint density at radius 1 is 1.36 bits per heavy atom. The van der Waals surface area contributed by atoms with E-state index < -0.39 is 6.04 Å². The first-order valence-corrected chi connectivity index (χ1v) is 9.33. The van der Waals surface area contributed by atoms with Crippen LogP contribution in [-0.2, 0) is 4.79 Å². The van der Waals surface area contributed by atoms with E-state index in [0.717, 1.165) is 23.1 Å². The van der Waals surface area contributed by atoms with Gasteiger partial charge in [0, 0.05) is 31.5 Å². The molecule has 0 bridgehead atoms. The van der Waals surface area contributed by atoms with E-state index in [-0.39, 0.29) is 17.9 Å². The number of fused-ring (bicyclic) bond motifs is 1. The molecule has 2 aromatic heterocycles. The quantitative estimate of drug-likeness (QED) is 0.857. The molecule has 3 N–H and O–H groups in total. The van der Waals surface area contributed by atoms with Gasteiger partial charge in [0.05, 0.1) is 16.3 Å². The van der Waals surface area contributed by atoms with Gasteiger partial charge >= 0.3 is 0 Å². The van der Waals surface area contributed by atoms with E-state index in [1.807, 2.05) is 11.8 Å². The number of likely N-dealkylation sites (tertiary alicyclic amines) is 1. The summed E-state index contributed by atoms with van der Waals surface area (Å²) < 4.78 is 0.906. The van der Waals surface area contributed by atoms with Crippen LogP contribution in [0.2, 0.25) is 0 Å². The van der Waals surface area contributed by atoms with Crippen molar-refractivity contribution in [3.63, 3.8) is 0 Å². The number of nitrogens with one attached hydrogen (secondary N) is 1. The number of rotatable bonds is 4. The van der Waals surface area contributed by atoms with Crippen LogP contribution in [0, 0.1) is 5.92 Å². The number of aromatic nitrogens is 2. The Morgan fingerprint density at radius 2 is 2.08 bits per heavy atom. The first-order valence-electron chi connectivity index (χ1n) is 8.51. The molecular weight excluding hydrogens is 338 g/mol. The molecule has 8 heteroatoms. The molecule has 134 valence electrons. The Bertz CT molecular complexity index is 734. The fourth-order valence-corrected chi connectivity index (χ4v) is 4.01. The van der Waals surface area contributed by atoms with Gasteiger partial charge in [0.1, 0.15) is 0 Å². The molecule has 0 aliphatic carbocycles. The number of carbonyl (C=O) groups excluding carboxylic acids is 2. The maximum atomic E-state index is 12.5. The molecule has 0 saturated carbocycles. The standard InChI is InChI=1S/C17H23N5O2S/c1-10(18)17(24)22-7-4-12(5-8-22)11(2)20-15(23)16-21-13-3-6-19-9-14(13)25-16/h3,6,9-12H,4-5,7-8,18H2,1-2H3,(H,20,23)/t10-,11?/m0/s1. The lowest BCUT2D eigenvalue weighted by Crippen LogP contribution is -2.49. The highest BCUT2D eigenvalue weighted by Gasteiger charge is 2.28. The summed E-state index contributed by atoms with van der Waals surface area (Å²) in [7, 11) is 0. The van der Waals surface area contributed by atoms with Crippen molar-refractivity contribution in [2.24, 2.45) is 11.7 Å². The number of carbonyl (C=O) groups is 2. The monoisotopic (exact) mass is 361 g/mol. The van der Waals surface area contributed by atoms with Crippen LogP contribution >= 0.6 is 11.3 Å². The molecule has 3 heterocycles. The largest absolute Gasteiger partial charge is 0.347 e. The highest BCUT2D eigenvalue weighted by atomic mass is 32.1. The number of amides is 2. The number of piperidine rings is 1. The average molecular weight is 361 g/mol. The lowest BCUT2D eigenvalue weighted by molar-refractivity contribution is -0.133. The molecule has 7 nitrogen and oxygen atoms in total. The highest BCUT2D eigenvalue weighted by Crippen LogP contribution is 2.23. The van der Waals surface area contributed by atoms with E-state index in [9.17, 15) is 9.59 Å². The van der Waals surface area contributed by atoms with Gasteiger partial charge in [-0.25, -0.2) is 4.98 Å². The lowest BCUT2D eigenvalue weighted by atomic mass is 9.90. The van der Waals surface area contributed by atoms with Crippen molar-refractivity contribution < 1.29 is 9.59 Å². The summed E-state index contributed by atoms with van der Waals surface area (Å²) >= 11 is 1.35. The first-order chi connectivity index (χ1) is 12.0. The predicted octanol–water partition coefficient (Wildman–Crippen LogP) is 1.40. The second-order valence-electron chi connectivity index (χ2n) is 6.58. The fraction of sp³-hybridized carbons (Fsp3) is 0.529. The van der Waals surface area contributed by atoms with Crippen molar-refractivity contribution in [3.05, 3.63) is 23.5 Å². The van der Waals surface area contributed by atoms with E-state index in [4.69, 9.17) is 5.73 Å². The van der Waals surface area contributed by atoms with E-state index >= 15 is 0 Å². The molecule has 1 aliphatic rings. The fourth-order valence-electron chi connectivity index (χ4n) is 3.17. The Hall–Kier alpha value is -2.06. The Labute approximate surface area is 150 Å². The Kier molecular flexibility index (Phi) is 5.29. The van der Waals surface area contributed by atoms with Crippen molar-refractivity contribution in [1.29, 1.82) is 0 Å². The van der Waals surface area contributed by atoms with Gasteiger partial charge in [-0.3, -0.25) is 14.6 Å². The summed E-state index contributed by atoms with van der Waals surface area (Å²) in [6.45, 7) is 5.11. The summed E-state index contributed by atoms with van der Waals surface area (Å²) in [5.41, 5.74) is 6.46. The minimum atomic E-state index is -0.456. The van der Waals surface area contributed by atoms with Crippen LogP contribution in [0.4, 0.5) is 0 Å². The second-order valence-corrected chi connectivity index (χ2v) is 7.61. The summed E-state index contributed by atoms with van der Waals surface area (Å²) in [6.07, 6.45) is 5.12. The second kappa shape index (κ2) is 7.45. The molecule has 2 atom stereocenters. The van der Waals surface area contributed by atoms with Crippen molar-refractivity contribution in [1.82, 2.24) is 20.2 Å². The van der Waals surface area contributed by atoms with E-state index in [0.29, 0.717) is 24.0 Å². The molecule has 0 radical (unpaired) electrons. The van der Waals surface area contributed by atoms with Gasteiger partial charge in [-0.05, 0) is 38.7 Å². The lowest BCUT2D eigenvalue weighted by Gasteiger charge is -2.35. The van der Waals surface area contributed by atoms with Gasteiger partial charge in [-0.1, -0.05) is 0 Å². The molecule has 2 amide bonds. The van der Waals surface area contributed by atoms with Gasteiger partial charge in [0.25, 0.3) is 5.91 Å². The van der Waals surface area contributed by atoms with E-state index in [1.54, 1.807) is 25.4 Å². The number of nitrogens with zero attached hydrogens (tertiary/aromatic N) is 3. The molecule has 3 rings (SSSR count). The minimum Gasteiger partial charge on any atom is -0.347 e. The zero-order valence-corrected chi connectivity index (χ0v) is 15.3. The average Bonchev–Trinajstić information content (AvgIpc) is 3.05. The summed E-state index contributed by atoms with van der Waals surface area (Å²) in [4.78, 5) is 34.6. The predicted molar refractivity (Wildman–Crippen MR) is 97.3 cm³/mol. The first kappa shape index (κ1) is 17.8. The zero-order chi connectivity index (χ0) is 18.0. The van der Waals surface area contributed by atoms with Crippen LogP contribution in [0.3, 0.4) is 0 Å². The molecule has 2 aromatic rings. The van der Waals surface area contributed by atoms with Crippen molar-refractivity contribution in [3.8, 4) is 0 Å². The smallest absolute Gasteiger partial charge is 0.280 e. The highest BCUT2D eigenvalue weighted by molar-refractivity contribution is 7.20.